The average molecular weight is 361 g/mol. The highest BCUT2D eigenvalue weighted by Crippen LogP contribution is 2.24. The van der Waals surface area contributed by atoms with E-state index in [1.54, 1.807) is 25.1 Å². The molecule has 0 aromatic heterocycles. The fourth-order valence-electron chi connectivity index (χ4n) is 2.01. The second-order valence-electron chi connectivity index (χ2n) is 5.55. The number of halogens is 1. The monoisotopic (exact) mass is 361 g/mol. The largest absolute Gasteiger partial charge is 0.455 e. The van der Waals surface area contributed by atoms with Crippen LogP contribution in [0.4, 0.5) is 4.39 Å². The van der Waals surface area contributed by atoms with Crippen molar-refractivity contribution >= 4 is 23.6 Å². The van der Waals surface area contributed by atoms with Crippen LogP contribution in [0.25, 0.3) is 0 Å². The van der Waals surface area contributed by atoms with Crippen LogP contribution in [0.5, 0.6) is 0 Å². The number of rotatable bonds is 7. The molecule has 0 aliphatic heterocycles. The topological polar surface area (TPSA) is 55.4 Å². The molecule has 4 nitrogen and oxygen atoms in total. The Hall–Kier alpha value is -2.34. The first-order chi connectivity index (χ1) is 12.0. The third kappa shape index (κ3) is 6.23. The Kier molecular flexibility index (Phi) is 7.01. The molecule has 2 aromatic rings. The molecule has 0 fully saturated rings. The summed E-state index contributed by atoms with van der Waals surface area (Å²) in [6, 6.07) is 14.0. The van der Waals surface area contributed by atoms with Gasteiger partial charge in [-0.05, 0) is 32.0 Å². The molecule has 1 N–H and O–H groups in total. The molecule has 1 atom stereocenters. The summed E-state index contributed by atoms with van der Waals surface area (Å²) >= 11 is 1.37. The Labute approximate surface area is 150 Å². The highest BCUT2D eigenvalue weighted by Gasteiger charge is 2.17. The molecule has 6 heteroatoms. The first kappa shape index (κ1) is 19.0. The summed E-state index contributed by atoms with van der Waals surface area (Å²) < 4.78 is 18.5. The zero-order chi connectivity index (χ0) is 18.2. The van der Waals surface area contributed by atoms with Crippen molar-refractivity contribution in [1.29, 1.82) is 0 Å². The molecule has 0 saturated heterocycles. The number of hydrogen-bond donors (Lipinski definition) is 1. The average Bonchev–Trinajstić information content (AvgIpc) is 2.60. The number of amides is 1. The third-order valence-corrected chi connectivity index (χ3v) is 4.54. The maximum absolute atomic E-state index is 13.5. The van der Waals surface area contributed by atoms with Gasteiger partial charge in [0.1, 0.15) is 11.1 Å². The molecule has 0 saturated carbocycles. The van der Waals surface area contributed by atoms with E-state index >= 15 is 0 Å². The highest BCUT2D eigenvalue weighted by atomic mass is 32.2. The molecule has 1 amide bonds. The summed E-state index contributed by atoms with van der Waals surface area (Å²) in [5, 5.41) is 2.10. The van der Waals surface area contributed by atoms with Crippen molar-refractivity contribution in [1.82, 2.24) is 5.32 Å². The van der Waals surface area contributed by atoms with Gasteiger partial charge in [-0.25, -0.2) is 4.39 Å². The Morgan fingerprint density at radius 1 is 1.16 bits per heavy atom. The number of hydrogen-bond acceptors (Lipinski definition) is 4. The second kappa shape index (κ2) is 9.22. The second-order valence-corrected chi connectivity index (χ2v) is 6.96. The first-order valence-electron chi connectivity index (χ1n) is 7.86. The van der Waals surface area contributed by atoms with E-state index in [1.165, 1.54) is 17.8 Å². The molecule has 2 rings (SSSR count). The van der Waals surface area contributed by atoms with Gasteiger partial charge in [-0.3, -0.25) is 9.59 Å². The fourth-order valence-corrected chi connectivity index (χ4v) is 2.88. The van der Waals surface area contributed by atoms with Gasteiger partial charge in [0.05, 0.1) is 0 Å². The molecule has 0 aliphatic rings. The van der Waals surface area contributed by atoms with Gasteiger partial charge in [-0.15, -0.1) is 11.8 Å². The van der Waals surface area contributed by atoms with Crippen LogP contribution in [0.3, 0.4) is 0 Å². The molecule has 2 aromatic carbocycles. The van der Waals surface area contributed by atoms with E-state index in [0.717, 1.165) is 10.5 Å². The van der Waals surface area contributed by atoms with Gasteiger partial charge in [0.2, 0.25) is 0 Å². The SMILES string of the molecule is Cc1ccc(S[C@H](C)C(=O)OCC(=O)NCc2ccccc2F)cc1. The number of carbonyl (C=O) groups excluding carboxylic acids is 2. The molecule has 0 aliphatic carbocycles. The quantitative estimate of drug-likeness (QED) is 0.606. The number of thioether (sulfide) groups is 1. The van der Waals surface area contributed by atoms with E-state index in [9.17, 15) is 14.0 Å². The van der Waals surface area contributed by atoms with E-state index in [2.05, 4.69) is 5.32 Å². The summed E-state index contributed by atoms with van der Waals surface area (Å²) in [4.78, 5) is 24.7. The number of carbonyl (C=O) groups is 2. The van der Waals surface area contributed by atoms with Crippen LogP contribution in [0, 0.1) is 12.7 Å². The minimum atomic E-state index is -0.468. The van der Waals surface area contributed by atoms with Crippen LogP contribution in [0.1, 0.15) is 18.1 Å². The Morgan fingerprint density at radius 3 is 2.52 bits per heavy atom. The van der Waals surface area contributed by atoms with Gasteiger partial charge in [-0.2, -0.15) is 0 Å². The van der Waals surface area contributed by atoms with Crippen molar-refractivity contribution < 1.29 is 18.7 Å². The lowest BCUT2D eigenvalue weighted by molar-refractivity contribution is -0.147. The molecule has 0 unspecified atom stereocenters. The number of nitrogens with one attached hydrogen (secondary N) is 1. The van der Waals surface area contributed by atoms with E-state index in [-0.39, 0.29) is 19.0 Å². The van der Waals surface area contributed by atoms with Crippen molar-refractivity contribution in [3.05, 3.63) is 65.5 Å². The van der Waals surface area contributed by atoms with Crippen LogP contribution in [-0.2, 0) is 20.9 Å². The lowest BCUT2D eigenvalue weighted by Gasteiger charge is -2.12. The van der Waals surface area contributed by atoms with E-state index in [0.29, 0.717) is 5.56 Å². The molecular formula is C19H20FNO3S. The van der Waals surface area contributed by atoms with Crippen LogP contribution < -0.4 is 5.32 Å². The number of aryl methyl sites for hydroxylation is 1. The molecule has 0 spiro atoms. The zero-order valence-corrected chi connectivity index (χ0v) is 14.9. The summed E-state index contributed by atoms with van der Waals surface area (Å²) in [6.45, 7) is 3.39. The highest BCUT2D eigenvalue weighted by molar-refractivity contribution is 8.00. The van der Waals surface area contributed by atoms with Crippen LogP contribution in [0.2, 0.25) is 0 Å². The molecule has 25 heavy (non-hydrogen) atoms. The normalized spacial score (nSPS) is 11.6. The standard InChI is InChI=1S/C19H20FNO3S/c1-13-7-9-16(10-8-13)25-14(2)19(23)24-12-18(22)21-11-15-5-3-4-6-17(15)20/h3-10,14H,11-12H2,1-2H3,(H,21,22)/t14-/m1/s1. The van der Waals surface area contributed by atoms with E-state index in [1.807, 2.05) is 31.2 Å². The number of esters is 1. The fraction of sp³-hybridized carbons (Fsp3) is 0.263. The number of ether oxygens (including phenoxy) is 1. The minimum Gasteiger partial charge on any atom is -0.455 e. The van der Waals surface area contributed by atoms with Gasteiger partial charge in [0, 0.05) is 17.0 Å². The number of benzene rings is 2. The summed E-state index contributed by atoms with van der Waals surface area (Å²) in [5.74, 6) is -1.32. The summed E-state index contributed by atoms with van der Waals surface area (Å²) in [7, 11) is 0. The van der Waals surface area contributed by atoms with Gasteiger partial charge in [-0.1, -0.05) is 35.9 Å². The van der Waals surface area contributed by atoms with E-state index < -0.39 is 17.1 Å². The summed E-state index contributed by atoms with van der Waals surface area (Å²) in [5.41, 5.74) is 1.52. The van der Waals surface area contributed by atoms with Gasteiger partial charge in [0.25, 0.3) is 5.91 Å². The molecule has 132 valence electrons. The molecule has 0 bridgehead atoms. The van der Waals surface area contributed by atoms with Crippen molar-refractivity contribution in [3.63, 3.8) is 0 Å². The van der Waals surface area contributed by atoms with Crippen molar-refractivity contribution in [3.8, 4) is 0 Å². The van der Waals surface area contributed by atoms with Gasteiger partial charge >= 0.3 is 5.97 Å². The predicted octanol–water partition coefficient (Wildman–Crippen LogP) is 3.47. The first-order valence-corrected chi connectivity index (χ1v) is 8.73. The van der Waals surface area contributed by atoms with Crippen LogP contribution in [-0.4, -0.2) is 23.7 Å². The molecular weight excluding hydrogens is 341 g/mol. The van der Waals surface area contributed by atoms with Crippen LogP contribution in [0.15, 0.2) is 53.4 Å². The lowest BCUT2D eigenvalue weighted by Crippen LogP contribution is -2.30. The third-order valence-electron chi connectivity index (χ3n) is 3.45. The maximum Gasteiger partial charge on any atom is 0.319 e. The lowest BCUT2D eigenvalue weighted by atomic mass is 10.2. The Bertz CT molecular complexity index is 734. The molecule has 0 heterocycles. The maximum atomic E-state index is 13.5. The van der Waals surface area contributed by atoms with Crippen molar-refractivity contribution in [2.75, 3.05) is 6.61 Å². The van der Waals surface area contributed by atoms with Crippen molar-refractivity contribution in [2.24, 2.45) is 0 Å². The van der Waals surface area contributed by atoms with Gasteiger partial charge < -0.3 is 10.1 Å². The van der Waals surface area contributed by atoms with Crippen molar-refractivity contribution in [2.45, 2.75) is 30.5 Å². The minimum absolute atomic E-state index is 0.0523. The molecule has 0 radical (unpaired) electrons. The Morgan fingerprint density at radius 2 is 1.84 bits per heavy atom. The van der Waals surface area contributed by atoms with E-state index in [4.69, 9.17) is 4.74 Å². The Balaban J connectivity index is 1.74. The smallest absolute Gasteiger partial charge is 0.319 e. The zero-order valence-electron chi connectivity index (χ0n) is 14.1. The van der Waals surface area contributed by atoms with Crippen LogP contribution >= 0.6 is 11.8 Å². The van der Waals surface area contributed by atoms with Gasteiger partial charge in [0.15, 0.2) is 6.61 Å². The summed E-state index contributed by atoms with van der Waals surface area (Å²) in [6.07, 6.45) is 0. The predicted molar refractivity (Wildman–Crippen MR) is 95.7 cm³/mol.